The topological polar surface area (TPSA) is 33.4 Å². The standard InChI is InChI=1S/C15H14F2O2/c16-11-4-3-10(13(17)8-11)9-15(18)6-1-2-14-12(15)5-7-19-14/h3-5,7-8,18H,1-2,6,9H2. The summed E-state index contributed by atoms with van der Waals surface area (Å²) in [6, 6.07) is 5.17. The molecule has 1 aromatic heterocycles. The van der Waals surface area contributed by atoms with E-state index in [-0.39, 0.29) is 6.42 Å². The second-order valence-electron chi connectivity index (χ2n) is 5.06. The van der Waals surface area contributed by atoms with Crippen LogP contribution in [0.5, 0.6) is 0 Å². The van der Waals surface area contributed by atoms with Gasteiger partial charge in [0.15, 0.2) is 0 Å². The van der Waals surface area contributed by atoms with Gasteiger partial charge in [-0.15, -0.1) is 0 Å². The van der Waals surface area contributed by atoms with Crippen molar-refractivity contribution in [2.45, 2.75) is 31.3 Å². The Kier molecular flexibility index (Phi) is 2.90. The second kappa shape index (κ2) is 4.46. The van der Waals surface area contributed by atoms with Crippen LogP contribution in [-0.4, -0.2) is 5.11 Å². The fraction of sp³-hybridized carbons (Fsp3) is 0.333. The Hall–Kier alpha value is -1.68. The first kappa shape index (κ1) is 12.4. The highest BCUT2D eigenvalue weighted by atomic mass is 19.1. The summed E-state index contributed by atoms with van der Waals surface area (Å²) in [7, 11) is 0. The summed E-state index contributed by atoms with van der Waals surface area (Å²) in [6.07, 6.45) is 3.81. The highest BCUT2D eigenvalue weighted by molar-refractivity contribution is 5.31. The van der Waals surface area contributed by atoms with Gasteiger partial charge in [-0.2, -0.15) is 0 Å². The maximum absolute atomic E-state index is 13.7. The third-order valence-electron chi connectivity index (χ3n) is 3.74. The van der Waals surface area contributed by atoms with E-state index in [0.29, 0.717) is 12.0 Å². The van der Waals surface area contributed by atoms with Gasteiger partial charge in [-0.3, -0.25) is 0 Å². The van der Waals surface area contributed by atoms with Crippen molar-refractivity contribution >= 4 is 0 Å². The largest absolute Gasteiger partial charge is 0.469 e. The molecule has 4 heteroatoms. The summed E-state index contributed by atoms with van der Waals surface area (Å²) in [5, 5.41) is 10.7. The monoisotopic (exact) mass is 264 g/mol. The van der Waals surface area contributed by atoms with Gasteiger partial charge >= 0.3 is 0 Å². The lowest BCUT2D eigenvalue weighted by Crippen LogP contribution is -2.32. The van der Waals surface area contributed by atoms with Crippen LogP contribution in [0.25, 0.3) is 0 Å². The number of furan rings is 1. The van der Waals surface area contributed by atoms with Crippen molar-refractivity contribution in [3.63, 3.8) is 0 Å². The molecule has 1 aliphatic carbocycles. The molecule has 1 aromatic carbocycles. The third-order valence-corrected chi connectivity index (χ3v) is 3.74. The molecule has 1 heterocycles. The number of hydrogen-bond acceptors (Lipinski definition) is 2. The lowest BCUT2D eigenvalue weighted by molar-refractivity contribution is 0.0160. The third kappa shape index (κ3) is 2.16. The Morgan fingerprint density at radius 1 is 1.26 bits per heavy atom. The molecule has 1 unspecified atom stereocenters. The van der Waals surface area contributed by atoms with Crippen LogP contribution >= 0.6 is 0 Å². The van der Waals surface area contributed by atoms with Crippen LogP contribution < -0.4 is 0 Å². The summed E-state index contributed by atoms with van der Waals surface area (Å²) in [6.45, 7) is 0. The van der Waals surface area contributed by atoms with Gasteiger partial charge in [0.05, 0.1) is 11.9 Å². The van der Waals surface area contributed by atoms with Gasteiger partial charge in [0.2, 0.25) is 0 Å². The zero-order valence-corrected chi connectivity index (χ0v) is 10.3. The normalized spacial score (nSPS) is 22.3. The van der Waals surface area contributed by atoms with Crippen molar-refractivity contribution in [2.75, 3.05) is 0 Å². The van der Waals surface area contributed by atoms with Crippen LogP contribution in [0, 0.1) is 11.6 Å². The number of aryl methyl sites for hydroxylation is 1. The quantitative estimate of drug-likeness (QED) is 0.902. The summed E-state index contributed by atoms with van der Waals surface area (Å²) in [5.74, 6) is -0.471. The molecule has 0 radical (unpaired) electrons. The van der Waals surface area contributed by atoms with E-state index in [1.165, 1.54) is 12.1 Å². The summed E-state index contributed by atoms with van der Waals surface area (Å²) < 4.78 is 31.9. The Morgan fingerprint density at radius 3 is 2.89 bits per heavy atom. The number of benzene rings is 1. The maximum Gasteiger partial charge on any atom is 0.129 e. The van der Waals surface area contributed by atoms with Crippen LogP contribution in [0.4, 0.5) is 8.78 Å². The Labute approximate surface area is 109 Å². The average molecular weight is 264 g/mol. The van der Waals surface area contributed by atoms with E-state index in [1.807, 2.05) is 0 Å². The van der Waals surface area contributed by atoms with Gasteiger partial charge in [-0.1, -0.05) is 6.07 Å². The van der Waals surface area contributed by atoms with Gasteiger partial charge < -0.3 is 9.52 Å². The molecule has 2 aromatic rings. The van der Waals surface area contributed by atoms with Gasteiger partial charge in [-0.25, -0.2) is 8.78 Å². The van der Waals surface area contributed by atoms with E-state index in [9.17, 15) is 13.9 Å². The molecule has 0 saturated carbocycles. The van der Waals surface area contributed by atoms with E-state index in [4.69, 9.17) is 4.42 Å². The number of halogens is 2. The zero-order chi connectivity index (χ0) is 13.5. The highest BCUT2D eigenvalue weighted by Gasteiger charge is 2.36. The Morgan fingerprint density at radius 2 is 2.11 bits per heavy atom. The van der Waals surface area contributed by atoms with Gasteiger partial charge in [0.25, 0.3) is 0 Å². The molecule has 1 aliphatic rings. The van der Waals surface area contributed by atoms with E-state index < -0.39 is 17.2 Å². The summed E-state index contributed by atoms with van der Waals surface area (Å²) >= 11 is 0. The van der Waals surface area contributed by atoms with Gasteiger partial charge in [0.1, 0.15) is 17.4 Å². The van der Waals surface area contributed by atoms with E-state index in [2.05, 4.69) is 0 Å². The Balaban J connectivity index is 1.95. The lowest BCUT2D eigenvalue weighted by atomic mass is 9.79. The maximum atomic E-state index is 13.7. The minimum atomic E-state index is -1.13. The second-order valence-corrected chi connectivity index (χ2v) is 5.06. The minimum Gasteiger partial charge on any atom is -0.469 e. The molecule has 2 nitrogen and oxygen atoms in total. The molecule has 100 valence electrons. The van der Waals surface area contributed by atoms with Crippen molar-refractivity contribution in [3.05, 3.63) is 59.1 Å². The smallest absolute Gasteiger partial charge is 0.129 e. The van der Waals surface area contributed by atoms with Crippen LogP contribution in [0.2, 0.25) is 0 Å². The average Bonchev–Trinajstić information content (AvgIpc) is 2.83. The first-order valence-corrected chi connectivity index (χ1v) is 6.32. The number of hydrogen-bond donors (Lipinski definition) is 1. The predicted octanol–water partition coefficient (Wildman–Crippen LogP) is 3.32. The van der Waals surface area contributed by atoms with Crippen LogP contribution in [-0.2, 0) is 18.4 Å². The fourth-order valence-corrected chi connectivity index (χ4v) is 2.79. The molecule has 1 atom stereocenters. The van der Waals surface area contributed by atoms with E-state index >= 15 is 0 Å². The molecule has 0 spiro atoms. The predicted molar refractivity (Wildman–Crippen MR) is 65.6 cm³/mol. The van der Waals surface area contributed by atoms with Crippen molar-refractivity contribution in [2.24, 2.45) is 0 Å². The van der Waals surface area contributed by atoms with Gasteiger partial charge in [-0.05, 0) is 30.5 Å². The molecular formula is C15H14F2O2. The van der Waals surface area contributed by atoms with Crippen molar-refractivity contribution in [1.82, 2.24) is 0 Å². The minimum absolute atomic E-state index is 0.131. The van der Waals surface area contributed by atoms with Crippen LogP contribution in [0.1, 0.15) is 29.7 Å². The Bertz CT molecular complexity index is 606. The van der Waals surface area contributed by atoms with Crippen LogP contribution in [0.3, 0.4) is 0 Å². The summed E-state index contributed by atoms with van der Waals surface area (Å²) in [4.78, 5) is 0. The molecular weight excluding hydrogens is 250 g/mol. The number of aliphatic hydroxyl groups is 1. The fourth-order valence-electron chi connectivity index (χ4n) is 2.79. The molecule has 0 bridgehead atoms. The molecule has 0 fully saturated rings. The molecule has 0 saturated heterocycles. The summed E-state index contributed by atoms with van der Waals surface area (Å²) in [5.41, 5.74) is -0.0837. The van der Waals surface area contributed by atoms with Crippen molar-refractivity contribution in [3.8, 4) is 0 Å². The molecule has 3 rings (SSSR count). The van der Waals surface area contributed by atoms with Crippen molar-refractivity contribution < 1.29 is 18.3 Å². The highest BCUT2D eigenvalue weighted by Crippen LogP contribution is 2.38. The molecule has 0 amide bonds. The lowest BCUT2D eigenvalue weighted by Gasteiger charge is -2.32. The molecule has 1 N–H and O–H groups in total. The molecule has 19 heavy (non-hydrogen) atoms. The number of rotatable bonds is 2. The van der Waals surface area contributed by atoms with Crippen molar-refractivity contribution in [1.29, 1.82) is 0 Å². The van der Waals surface area contributed by atoms with Crippen LogP contribution in [0.15, 0.2) is 34.9 Å². The first-order chi connectivity index (χ1) is 9.08. The number of fused-ring (bicyclic) bond motifs is 1. The zero-order valence-electron chi connectivity index (χ0n) is 10.3. The first-order valence-electron chi connectivity index (χ1n) is 6.32. The SMILES string of the molecule is OC1(Cc2ccc(F)cc2F)CCCc2occc21. The van der Waals surface area contributed by atoms with E-state index in [0.717, 1.165) is 30.2 Å². The van der Waals surface area contributed by atoms with Gasteiger partial charge in [0, 0.05) is 24.5 Å². The molecule has 0 aliphatic heterocycles. The van der Waals surface area contributed by atoms with E-state index in [1.54, 1.807) is 12.3 Å².